The number of likely N-dealkylation sites (tertiary alicyclic amines) is 1. The Morgan fingerprint density at radius 3 is 2.70 bits per heavy atom. The van der Waals surface area contributed by atoms with Crippen LogP contribution in [0.4, 0.5) is 0 Å². The number of amides is 2. The van der Waals surface area contributed by atoms with Crippen LogP contribution in [0.5, 0.6) is 0 Å². The molecule has 4 rings (SSSR count). The van der Waals surface area contributed by atoms with Gasteiger partial charge < -0.3 is 9.80 Å². The SMILES string of the molecule is Cc1ncsc1C(=O)N1CCCCCC1Cc1c(C(=O)N(C)C)sc2ccccc12. The lowest BCUT2D eigenvalue weighted by Crippen LogP contribution is -2.41. The highest BCUT2D eigenvalue weighted by Crippen LogP contribution is 2.35. The van der Waals surface area contributed by atoms with Gasteiger partial charge in [-0.2, -0.15) is 0 Å². The minimum atomic E-state index is 0.0380. The van der Waals surface area contributed by atoms with E-state index >= 15 is 0 Å². The summed E-state index contributed by atoms with van der Waals surface area (Å²) in [5.41, 5.74) is 3.63. The summed E-state index contributed by atoms with van der Waals surface area (Å²) in [6, 6.07) is 8.31. The number of benzene rings is 1. The van der Waals surface area contributed by atoms with Gasteiger partial charge in [-0.1, -0.05) is 31.0 Å². The first kappa shape index (κ1) is 21.0. The highest BCUT2D eigenvalue weighted by Gasteiger charge is 2.31. The Labute approximate surface area is 185 Å². The predicted molar refractivity (Wildman–Crippen MR) is 124 cm³/mol. The minimum Gasteiger partial charge on any atom is -0.344 e. The number of aryl methyl sites for hydroxylation is 1. The van der Waals surface area contributed by atoms with E-state index in [1.165, 1.54) is 11.3 Å². The van der Waals surface area contributed by atoms with Crippen LogP contribution in [0.15, 0.2) is 29.8 Å². The van der Waals surface area contributed by atoms with Gasteiger partial charge in [0.1, 0.15) is 4.88 Å². The van der Waals surface area contributed by atoms with Crippen LogP contribution in [-0.2, 0) is 6.42 Å². The van der Waals surface area contributed by atoms with Crippen molar-refractivity contribution in [1.82, 2.24) is 14.8 Å². The van der Waals surface area contributed by atoms with Crippen molar-refractivity contribution in [3.8, 4) is 0 Å². The molecule has 7 heteroatoms. The van der Waals surface area contributed by atoms with E-state index in [1.807, 2.05) is 24.0 Å². The molecule has 0 bridgehead atoms. The van der Waals surface area contributed by atoms with Gasteiger partial charge in [-0.25, -0.2) is 4.98 Å². The van der Waals surface area contributed by atoms with E-state index in [-0.39, 0.29) is 17.9 Å². The topological polar surface area (TPSA) is 53.5 Å². The maximum Gasteiger partial charge on any atom is 0.266 e. The van der Waals surface area contributed by atoms with Crippen molar-refractivity contribution in [2.75, 3.05) is 20.6 Å². The maximum absolute atomic E-state index is 13.4. The molecule has 3 aromatic rings. The van der Waals surface area contributed by atoms with Crippen molar-refractivity contribution in [3.63, 3.8) is 0 Å². The molecule has 2 aromatic heterocycles. The summed E-state index contributed by atoms with van der Waals surface area (Å²) in [7, 11) is 3.59. The lowest BCUT2D eigenvalue weighted by molar-refractivity contribution is 0.0686. The normalized spacial score (nSPS) is 17.2. The first-order chi connectivity index (χ1) is 14.5. The van der Waals surface area contributed by atoms with E-state index in [2.05, 4.69) is 17.1 Å². The summed E-state index contributed by atoms with van der Waals surface area (Å²) < 4.78 is 1.13. The fraction of sp³-hybridized carbons (Fsp3) is 0.435. The van der Waals surface area contributed by atoms with E-state index < -0.39 is 0 Å². The first-order valence-electron chi connectivity index (χ1n) is 10.4. The second kappa shape index (κ2) is 8.86. The fourth-order valence-corrected chi connectivity index (χ4v) is 6.22. The molecule has 0 saturated carbocycles. The third kappa shape index (κ3) is 4.01. The average molecular weight is 442 g/mol. The quantitative estimate of drug-likeness (QED) is 0.573. The van der Waals surface area contributed by atoms with Crippen LogP contribution < -0.4 is 0 Å². The number of hydrogen-bond donors (Lipinski definition) is 0. The van der Waals surface area contributed by atoms with E-state index in [1.54, 1.807) is 35.8 Å². The Hall–Kier alpha value is -2.25. The number of hydrogen-bond acceptors (Lipinski definition) is 5. The minimum absolute atomic E-state index is 0.0380. The van der Waals surface area contributed by atoms with Crippen LogP contribution in [0, 0.1) is 6.92 Å². The zero-order valence-electron chi connectivity index (χ0n) is 17.7. The molecule has 5 nitrogen and oxygen atoms in total. The molecule has 1 saturated heterocycles. The highest BCUT2D eigenvalue weighted by atomic mass is 32.1. The first-order valence-corrected chi connectivity index (χ1v) is 12.1. The lowest BCUT2D eigenvalue weighted by atomic mass is 9.97. The number of thiazole rings is 1. The van der Waals surface area contributed by atoms with E-state index in [4.69, 9.17) is 0 Å². The summed E-state index contributed by atoms with van der Waals surface area (Å²) in [6.07, 6.45) is 4.94. The Balaban J connectivity index is 1.73. The van der Waals surface area contributed by atoms with Crippen LogP contribution in [0.1, 0.15) is 56.3 Å². The molecule has 2 amide bonds. The maximum atomic E-state index is 13.4. The number of nitrogens with zero attached hydrogens (tertiary/aromatic N) is 3. The zero-order valence-corrected chi connectivity index (χ0v) is 19.3. The van der Waals surface area contributed by atoms with Gasteiger partial charge in [0.05, 0.1) is 16.1 Å². The zero-order chi connectivity index (χ0) is 21.3. The molecule has 158 valence electrons. The van der Waals surface area contributed by atoms with Crippen molar-refractivity contribution in [2.45, 2.75) is 45.1 Å². The van der Waals surface area contributed by atoms with Crippen LogP contribution in [-0.4, -0.2) is 53.3 Å². The molecular weight excluding hydrogens is 414 g/mol. The van der Waals surface area contributed by atoms with Crippen molar-refractivity contribution in [3.05, 3.63) is 50.8 Å². The van der Waals surface area contributed by atoms with Gasteiger partial charge in [0, 0.05) is 31.4 Å². The third-order valence-electron chi connectivity index (χ3n) is 5.82. The number of carbonyl (C=O) groups excluding carboxylic acids is 2. The summed E-state index contributed by atoms with van der Waals surface area (Å²) in [4.78, 5) is 35.8. The third-order valence-corrected chi connectivity index (χ3v) is 7.93. The molecule has 1 fully saturated rings. The largest absolute Gasteiger partial charge is 0.344 e. The Bertz CT molecular complexity index is 1070. The average Bonchev–Trinajstić information content (AvgIpc) is 3.24. The van der Waals surface area contributed by atoms with Gasteiger partial charge in [-0.05, 0) is 43.2 Å². The summed E-state index contributed by atoms with van der Waals surface area (Å²) in [6.45, 7) is 2.66. The molecule has 1 aliphatic rings. The Kier molecular flexibility index (Phi) is 6.20. The van der Waals surface area contributed by atoms with Crippen molar-refractivity contribution < 1.29 is 9.59 Å². The van der Waals surface area contributed by atoms with Crippen molar-refractivity contribution >= 4 is 44.6 Å². The van der Waals surface area contributed by atoms with Crippen LogP contribution in [0.2, 0.25) is 0 Å². The molecule has 0 radical (unpaired) electrons. The van der Waals surface area contributed by atoms with Gasteiger partial charge in [0.15, 0.2) is 0 Å². The molecule has 0 spiro atoms. The number of fused-ring (bicyclic) bond motifs is 1. The number of thiophene rings is 1. The van der Waals surface area contributed by atoms with Gasteiger partial charge in [-0.15, -0.1) is 22.7 Å². The highest BCUT2D eigenvalue weighted by molar-refractivity contribution is 7.21. The number of rotatable bonds is 4. The number of aromatic nitrogens is 1. The molecule has 3 heterocycles. The van der Waals surface area contributed by atoms with Gasteiger partial charge in [-0.3, -0.25) is 9.59 Å². The summed E-state index contributed by atoms with van der Waals surface area (Å²) in [5, 5.41) is 1.14. The monoisotopic (exact) mass is 441 g/mol. The van der Waals surface area contributed by atoms with Crippen LogP contribution in [0.3, 0.4) is 0 Å². The molecule has 1 atom stereocenters. The smallest absolute Gasteiger partial charge is 0.266 e. The van der Waals surface area contributed by atoms with Crippen LogP contribution in [0.25, 0.3) is 10.1 Å². The second-order valence-corrected chi connectivity index (χ2v) is 9.99. The molecule has 30 heavy (non-hydrogen) atoms. The summed E-state index contributed by atoms with van der Waals surface area (Å²) in [5.74, 6) is 0.123. The number of carbonyl (C=O) groups is 2. The van der Waals surface area contributed by atoms with E-state index in [0.717, 1.165) is 63.3 Å². The fourth-order valence-electron chi connectivity index (χ4n) is 4.21. The lowest BCUT2D eigenvalue weighted by Gasteiger charge is -2.30. The second-order valence-electron chi connectivity index (χ2n) is 8.08. The van der Waals surface area contributed by atoms with E-state index in [0.29, 0.717) is 6.42 Å². The molecule has 1 aromatic carbocycles. The van der Waals surface area contributed by atoms with Crippen molar-refractivity contribution in [1.29, 1.82) is 0 Å². The standard InChI is InChI=1S/C23H27N3O2S2/c1-15-20(29-14-24-15)23(28)26-12-8-4-5-9-16(26)13-18-17-10-6-7-11-19(17)30-21(18)22(27)25(2)3/h6-7,10-11,14,16H,4-5,8-9,12-13H2,1-3H3. The van der Waals surface area contributed by atoms with Crippen molar-refractivity contribution in [2.24, 2.45) is 0 Å². The molecule has 0 aliphatic carbocycles. The Morgan fingerprint density at radius 2 is 1.97 bits per heavy atom. The Morgan fingerprint density at radius 1 is 1.17 bits per heavy atom. The molecular formula is C23H27N3O2S2. The molecule has 0 N–H and O–H groups in total. The van der Waals surface area contributed by atoms with Gasteiger partial charge in [0.25, 0.3) is 11.8 Å². The molecule has 1 unspecified atom stereocenters. The van der Waals surface area contributed by atoms with Gasteiger partial charge >= 0.3 is 0 Å². The molecule has 1 aliphatic heterocycles. The van der Waals surface area contributed by atoms with Gasteiger partial charge in [0.2, 0.25) is 0 Å². The predicted octanol–water partition coefficient (Wildman–Crippen LogP) is 5.00. The van der Waals surface area contributed by atoms with E-state index in [9.17, 15) is 9.59 Å². The summed E-state index contributed by atoms with van der Waals surface area (Å²) >= 11 is 2.98. The van der Waals surface area contributed by atoms with Crippen LogP contribution >= 0.6 is 22.7 Å².